The third kappa shape index (κ3) is 4.10. The highest BCUT2D eigenvalue weighted by Gasteiger charge is 2.57. The predicted molar refractivity (Wildman–Crippen MR) is 104 cm³/mol. The largest absolute Gasteiger partial charge is 0.356 e. The van der Waals surface area contributed by atoms with E-state index in [-0.39, 0.29) is 36.6 Å². The van der Waals surface area contributed by atoms with Crippen LogP contribution in [0.15, 0.2) is 30.6 Å². The highest BCUT2D eigenvalue weighted by atomic mass is 35.5. The van der Waals surface area contributed by atoms with E-state index in [0.29, 0.717) is 5.41 Å². The topological polar surface area (TPSA) is 59.0 Å². The summed E-state index contributed by atoms with van der Waals surface area (Å²) in [5.74, 6) is 0.529. The smallest absolute Gasteiger partial charge is 0.223 e. The molecule has 1 saturated heterocycles. The number of halogens is 2. The van der Waals surface area contributed by atoms with Gasteiger partial charge in [-0.2, -0.15) is 0 Å². The van der Waals surface area contributed by atoms with Crippen LogP contribution in [0.25, 0.3) is 11.0 Å². The van der Waals surface area contributed by atoms with Gasteiger partial charge in [-0.15, -0.1) is 24.8 Å². The molecule has 1 unspecified atom stereocenters. The van der Waals surface area contributed by atoms with Crippen LogP contribution < -0.4 is 10.6 Å². The molecule has 4 rings (SSSR count). The molecular weight excluding hydrogens is 359 g/mol. The lowest BCUT2D eigenvalue weighted by Crippen LogP contribution is -2.34. The number of piperidine rings is 1. The van der Waals surface area contributed by atoms with Crippen molar-refractivity contribution in [1.82, 2.24) is 20.2 Å². The average Bonchev–Trinajstić information content (AvgIpc) is 3.12. The number of carbonyl (C=O) groups is 1. The van der Waals surface area contributed by atoms with E-state index in [4.69, 9.17) is 0 Å². The Morgan fingerprint density at radius 3 is 2.84 bits per heavy atom. The van der Waals surface area contributed by atoms with Crippen LogP contribution in [0.1, 0.15) is 25.7 Å². The fourth-order valence-corrected chi connectivity index (χ4v) is 3.97. The summed E-state index contributed by atoms with van der Waals surface area (Å²) < 4.78 is 2.16. The fourth-order valence-electron chi connectivity index (χ4n) is 3.97. The SMILES string of the molecule is Cl.Cl.O=C(NCCCn1cnc2ccccc21)C1CC12CCNCC2. The number of aromatic nitrogens is 2. The fraction of sp³-hybridized carbons (Fsp3) is 0.556. The Labute approximate surface area is 160 Å². The summed E-state index contributed by atoms with van der Waals surface area (Å²) in [4.78, 5) is 16.7. The molecule has 1 atom stereocenters. The number of para-hydroxylation sites is 2. The van der Waals surface area contributed by atoms with Crippen LogP contribution >= 0.6 is 24.8 Å². The summed E-state index contributed by atoms with van der Waals surface area (Å²) >= 11 is 0. The molecule has 2 aliphatic rings. The van der Waals surface area contributed by atoms with Gasteiger partial charge in [-0.05, 0) is 56.3 Å². The summed E-state index contributed by atoms with van der Waals surface area (Å²) in [6, 6.07) is 8.16. The summed E-state index contributed by atoms with van der Waals surface area (Å²) in [6.45, 7) is 3.77. The lowest BCUT2D eigenvalue weighted by Gasteiger charge is -2.23. The number of nitrogens with zero attached hydrogens (tertiary/aromatic N) is 2. The van der Waals surface area contributed by atoms with Crippen molar-refractivity contribution in [3.8, 4) is 0 Å². The van der Waals surface area contributed by atoms with E-state index in [9.17, 15) is 4.79 Å². The standard InChI is InChI=1S/C18H24N4O.2ClH/c23-17(14-12-18(14)6-9-19-10-7-18)20-8-3-11-22-13-21-15-4-1-2-5-16(15)22;;/h1-2,4-5,13-14,19H,3,6-12H2,(H,20,23);2*1H. The average molecular weight is 385 g/mol. The van der Waals surface area contributed by atoms with Gasteiger partial charge in [-0.3, -0.25) is 4.79 Å². The molecular formula is C18H26Cl2N4O. The molecule has 0 radical (unpaired) electrons. The van der Waals surface area contributed by atoms with E-state index < -0.39 is 0 Å². The lowest BCUT2D eigenvalue weighted by molar-refractivity contribution is -0.123. The van der Waals surface area contributed by atoms with Gasteiger partial charge in [-0.1, -0.05) is 12.1 Å². The van der Waals surface area contributed by atoms with Gasteiger partial charge >= 0.3 is 0 Å². The Bertz CT molecular complexity index is 712. The van der Waals surface area contributed by atoms with Crippen molar-refractivity contribution in [1.29, 1.82) is 0 Å². The predicted octanol–water partition coefficient (Wildman–Crippen LogP) is 2.78. The van der Waals surface area contributed by atoms with Crippen molar-refractivity contribution in [3.05, 3.63) is 30.6 Å². The van der Waals surface area contributed by atoms with Crippen LogP contribution in [-0.4, -0.2) is 35.1 Å². The third-order valence-corrected chi connectivity index (χ3v) is 5.51. The van der Waals surface area contributed by atoms with Gasteiger partial charge < -0.3 is 15.2 Å². The van der Waals surface area contributed by atoms with Crippen LogP contribution in [0.2, 0.25) is 0 Å². The second-order valence-corrected chi connectivity index (χ2v) is 6.94. The second kappa shape index (κ2) is 8.39. The number of imidazole rings is 1. The molecule has 2 N–H and O–H groups in total. The van der Waals surface area contributed by atoms with E-state index in [0.717, 1.165) is 62.9 Å². The lowest BCUT2D eigenvalue weighted by atomic mass is 9.92. The quantitative estimate of drug-likeness (QED) is 0.779. The normalized spacial score (nSPS) is 20.6. The molecule has 1 aliphatic heterocycles. The molecule has 7 heteroatoms. The maximum Gasteiger partial charge on any atom is 0.223 e. The number of carbonyl (C=O) groups excluding carboxylic acids is 1. The number of fused-ring (bicyclic) bond motifs is 1. The van der Waals surface area contributed by atoms with E-state index in [1.54, 1.807) is 0 Å². The van der Waals surface area contributed by atoms with Crippen LogP contribution in [-0.2, 0) is 11.3 Å². The van der Waals surface area contributed by atoms with E-state index >= 15 is 0 Å². The van der Waals surface area contributed by atoms with Crippen LogP contribution in [0.3, 0.4) is 0 Å². The number of aryl methyl sites for hydroxylation is 1. The van der Waals surface area contributed by atoms with Gasteiger partial charge in [0.15, 0.2) is 0 Å². The maximum absolute atomic E-state index is 12.3. The van der Waals surface area contributed by atoms with Crippen LogP contribution in [0.5, 0.6) is 0 Å². The molecule has 1 aliphatic carbocycles. The van der Waals surface area contributed by atoms with Crippen molar-refractivity contribution >= 4 is 41.8 Å². The van der Waals surface area contributed by atoms with Crippen molar-refractivity contribution in [3.63, 3.8) is 0 Å². The van der Waals surface area contributed by atoms with E-state index in [1.807, 2.05) is 24.5 Å². The highest BCUT2D eigenvalue weighted by Crippen LogP contribution is 2.58. The van der Waals surface area contributed by atoms with Crippen molar-refractivity contribution in [2.45, 2.75) is 32.2 Å². The van der Waals surface area contributed by atoms with Gasteiger partial charge in [0.05, 0.1) is 17.4 Å². The molecule has 1 spiro atoms. The summed E-state index contributed by atoms with van der Waals surface area (Å²) in [7, 11) is 0. The molecule has 1 amide bonds. The zero-order valence-corrected chi connectivity index (χ0v) is 15.9. The highest BCUT2D eigenvalue weighted by molar-refractivity contribution is 5.85. The molecule has 1 saturated carbocycles. The number of hydrogen-bond donors (Lipinski definition) is 2. The summed E-state index contributed by atoms with van der Waals surface area (Å²) in [6.07, 6.45) is 6.23. The molecule has 25 heavy (non-hydrogen) atoms. The minimum atomic E-state index is 0. The molecule has 0 bridgehead atoms. The first-order chi connectivity index (χ1) is 11.3. The number of amides is 1. The Balaban J connectivity index is 0.00000113. The van der Waals surface area contributed by atoms with Crippen molar-refractivity contribution in [2.24, 2.45) is 11.3 Å². The van der Waals surface area contributed by atoms with Crippen molar-refractivity contribution in [2.75, 3.05) is 19.6 Å². The number of nitrogens with one attached hydrogen (secondary N) is 2. The molecule has 5 nitrogen and oxygen atoms in total. The first-order valence-electron chi connectivity index (χ1n) is 8.67. The minimum absolute atomic E-state index is 0. The van der Waals surface area contributed by atoms with E-state index in [1.165, 1.54) is 0 Å². The Morgan fingerprint density at radius 1 is 1.28 bits per heavy atom. The van der Waals surface area contributed by atoms with E-state index in [2.05, 4.69) is 26.3 Å². The molecule has 1 aromatic heterocycles. The molecule has 2 aromatic rings. The Morgan fingerprint density at radius 2 is 2.04 bits per heavy atom. The van der Waals surface area contributed by atoms with Gasteiger partial charge in [0.1, 0.15) is 0 Å². The summed E-state index contributed by atoms with van der Waals surface area (Å²) in [5.41, 5.74) is 2.52. The summed E-state index contributed by atoms with van der Waals surface area (Å²) in [5, 5.41) is 6.52. The Kier molecular flexibility index (Phi) is 6.72. The molecule has 2 heterocycles. The monoisotopic (exact) mass is 384 g/mol. The van der Waals surface area contributed by atoms with Gasteiger partial charge in [0.2, 0.25) is 5.91 Å². The third-order valence-electron chi connectivity index (χ3n) is 5.51. The van der Waals surface area contributed by atoms with Gasteiger partial charge in [0, 0.05) is 19.0 Å². The van der Waals surface area contributed by atoms with Crippen LogP contribution in [0, 0.1) is 11.3 Å². The van der Waals surface area contributed by atoms with Gasteiger partial charge in [0.25, 0.3) is 0 Å². The first kappa shape index (κ1) is 20.0. The minimum Gasteiger partial charge on any atom is -0.356 e. The number of benzene rings is 1. The molecule has 138 valence electrons. The second-order valence-electron chi connectivity index (χ2n) is 6.94. The van der Waals surface area contributed by atoms with Crippen LogP contribution in [0.4, 0.5) is 0 Å². The number of hydrogen-bond acceptors (Lipinski definition) is 3. The first-order valence-corrected chi connectivity index (χ1v) is 8.67. The zero-order chi connectivity index (χ0) is 15.7. The molecule has 2 fully saturated rings. The molecule has 1 aromatic carbocycles. The van der Waals surface area contributed by atoms with Crippen molar-refractivity contribution < 1.29 is 4.79 Å². The zero-order valence-electron chi connectivity index (χ0n) is 14.2. The maximum atomic E-state index is 12.3. The van der Waals surface area contributed by atoms with Gasteiger partial charge in [-0.25, -0.2) is 4.98 Å². The number of rotatable bonds is 5. The Hall–Kier alpha value is -1.30.